The maximum absolute atomic E-state index is 11.8. The third kappa shape index (κ3) is 1.48. The molecule has 0 radical (unpaired) electrons. The van der Waals surface area contributed by atoms with Gasteiger partial charge in [-0.1, -0.05) is 11.6 Å². The van der Waals surface area contributed by atoms with Gasteiger partial charge in [-0.25, -0.2) is 0 Å². The molecule has 5 nitrogen and oxygen atoms in total. The standard InChI is InChI=1S/C13H14N4O/c1-7-3-8-5-12(18)17(2)13(8)9(4-7)10-6-11(14)16-15-10/h3-4,6H,5H2,1-2H3,(H3,14,15,16). The van der Waals surface area contributed by atoms with Gasteiger partial charge in [0, 0.05) is 18.7 Å². The van der Waals surface area contributed by atoms with Crippen LogP contribution in [0.2, 0.25) is 0 Å². The zero-order valence-electron chi connectivity index (χ0n) is 10.3. The fourth-order valence-electron chi connectivity index (χ4n) is 2.47. The number of nitrogens with two attached hydrogens (primary N) is 1. The van der Waals surface area contributed by atoms with Gasteiger partial charge in [0.15, 0.2) is 0 Å². The number of carbonyl (C=O) groups is 1. The molecule has 1 aromatic carbocycles. The topological polar surface area (TPSA) is 75.0 Å². The first-order valence-corrected chi connectivity index (χ1v) is 5.77. The first-order chi connectivity index (χ1) is 8.56. The number of H-pyrrole nitrogens is 1. The third-order valence-corrected chi connectivity index (χ3v) is 3.27. The van der Waals surface area contributed by atoms with E-state index in [1.54, 1.807) is 18.0 Å². The number of fused-ring (bicyclic) bond motifs is 1. The molecule has 0 aliphatic carbocycles. The van der Waals surface area contributed by atoms with E-state index in [1.165, 1.54) is 0 Å². The maximum Gasteiger partial charge on any atom is 0.231 e. The Balaban J connectivity index is 2.25. The van der Waals surface area contributed by atoms with E-state index in [-0.39, 0.29) is 5.91 Å². The number of hydrogen-bond acceptors (Lipinski definition) is 3. The number of aromatic nitrogens is 2. The predicted molar refractivity (Wildman–Crippen MR) is 70.3 cm³/mol. The fraction of sp³-hybridized carbons (Fsp3) is 0.231. The van der Waals surface area contributed by atoms with Crippen molar-refractivity contribution in [1.29, 1.82) is 0 Å². The number of hydrogen-bond donors (Lipinski definition) is 2. The van der Waals surface area contributed by atoms with Crippen molar-refractivity contribution in [2.45, 2.75) is 13.3 Å². The Morgan fingerprint density at radius 3 is 2.83 bits per heavy atom. The summed E-state index contributed by atoms with van der Waals surface area (Å²) in [5, 5.41) is 6.84. The Morgan fingerprint density at radius 2 is 2.17 bits per heavy atom. The molecule has 1 aliphatic heterocycles. The minimum absolute atomic E-state index is 0.115. The van der Waals surface area contributed by atoms with Crippen LogP contribution in [0, 0.1) is 6.92 Å². The van der Waals surface area contributed by atoms with E-state index in [4.69, 9.17) is 5.73 Å². The van der Waals surface area contributed by atoms with Gasteiger partial charge in [0.1, 0.15) is 5.82 Å². The molecule has 0 spiro atoms. The Labute approximate surface area is 105 Å². The summed E-state index contributed by atoms with van der Waals surface area (Å²) in [6.07, 6.45) is 0.462. The number of benzene rings is 1. The van der Waals surface area contributed by atoms with Crippen LogP contribution in [0.25, 0.3) is 11.3 Å². The van der Waals surface area contributed by atoms with E-state index >= 15 is 0 Å². The van der Waals surface area contributed by atoms with Crippen LogP contribution < -0.4 is 10.6 Å². The lowest BCUT2D eigenvalue weighted by atomic mass is 10.0. The maximum atomic E-state index is 11.8. The normalized spacial score (nSPS) is 14.1. The average molecular weight is 242 g/mol. The summed E-state index contributed by atoms with van der Waals surface area (Å²) >= 11 is 0. The summed E-state index contributed by atoms with van der Waals surface area (Å²) in [4.78, 5) is 13.5. The van der Waals surface area contributed by atoms with E-state index in [9.17, 15) is 4.79 Å². The Morgan fingerprint density at radius 1 is 1.39 bits per heavy atom. The molecule has 2 heterocycles. The minimum Gasteiger partial charge on any atom is -0.382 e. The van der Waals surface area contributed by atoms with Gasteiger partial charge >= 0.3 is 0 Å². The highest BCUT2D eigenvalue weighted by molar-refractivity contribution is 6.05. The fourth-order valence-corrected chi connectivity index (χ4v) is 2.47. The number of nitrogens with zero attached hydrogens (tertiary/aromatic N) is 2. The van der Waals surface area contributed by atoms with E-state index < -0.39 is 0 Å². The number of anilines is 2. The molecule has 92 valence electrons. The number of carbonyl (C=O) groups excluding carboxylic acids is 1. The molecule has 3 rings (SSSR count). The summed E-state index contributed by atoms with van der Waals surface area (Å²) in [6.45, 7) is 2.02. The van der Waals surface area contributed by atoms with Gasteiger partial charge in [-0.05, 0) is 18.6 Å². The van der Waals surface area contributed by atoms with E-state index in [1.807, 2.05) is 13.0 Å². The molecule has 1 aliphatic rings. The molecule has 0 saturated heterocycles. The van der Waals surface area contributed by atoms with Crippen molar-refractivity contribution < 1.29 is 4.79 Å². The van der Waals surface area contributed by atoms with Gasteiger partial charge in [-0.15, -0.1) is 0 Å². The molecule has 3 N–H and O–H groups in total. The number of nitrogens with one attached hydrogen (secondary N) is 1. The van der Waals surface area contributed by atoms with Crippen LogP contribution in [0.5, 0.6) is 0 Å². The van der Waals surface area contributed by atoms with Gasteiger partial charge in [0.05, 0.1) is 17.8 Å². The second-order valence-corrected chi connectivity index (χ2v) is 4.66. The quantitative estimate of drug-likeness (QED) is 0.795. The van der Waals surface area contributed by atoms with Crippen molar-refractivity contribution in [3.8, 4) is 11.3 Å². The van der Waals surface area contributed by atoms with Crippen molar-refractivity contribution in [2.75, 3.05) is 17.7 Å². The first-order valence-electron chi connectivity index (χ1n) is 5.77. The van der Waals surface area contributed by atoms with Gasteiger partial charge in [-0.2, -0.15) is 5.10 Å². The Bertz CT molecular complexity index is 644. The zero-order valence-corrected chi connectivity index (χ0v) is 10.3. The second-order valence-electron chi connectivity index (χ2n) is 4.66. The summed E-state index contributed by atoms with van der Waals surface area (Å²) in [6, 6.07) is 5.88. The largest absolute Gasteiger partial charge is 0.382 e. The summed E-state index contributed by atoms with van der Waals surface area (Å²) in [7, 11) is 1.80. The van der Waals surface area contributed by atoms with Crippen LogP contribution in [-0.4, -0.2) is 23.2 Å². The summed E-state index contributed by atoms with van der Waals surface area (Å²) < 4.78 is 0. The lowest BCUT2D eigenvalue weighted by Crippen LogP contribution is -2.21. The molecule has 5 heteroatoms. The summed E-state index contributed by atoms with van der Waals surface area (Å²) in [5.41, 5.74) is 10.6. The highest BCUT2D eigenvalue weighted by Crippen LogP contribution is 2.38. The van der Waals surface area contributed by atoms with Gasteiger partial charge < -0.3 is 10.6 Å². The monoisotopic (exact) mass is 242 g/mol. The van der Waals surface area contributed by atoms with Crippen molar-refractivity contribution >= 4 is 17.4 Å². The van der Waals surface area contributed by atoms with Crippen molar-refractivity contribution in [2.24, 2.45) is 0 Å². The molecule has 0 atom stereocenters. The van der Waals surface area contributed by atoms with Crippen LogP contribution in [0.15, 0.2) is 18.2 Å². The number of rotatable bonds is 1. The van der Waals surface area contributed by atoms with Crippen molar-refractivity contribution in [3.05, 3.63) is 29.3 Å². The lowest BCUT2D eigenvalue weighted by molar-refractivity contribution is -0.117. The molecule has 18 heavy (non-hydrogen) atoms. The Kier molecular flexibility index (Phi) is 2.16. The molecule has 1 aromatic heterocycles. The van der Waals surface area contributed by atoms with E-state index in [2.05, 4.69) is 16.3 Å². The van der Waals surface area contributed by atoms with Crippen LogP contribution >= 0.6 is 0 Å². The number of amides is 1. The Hall–Kier alpha value is -2.30. The molecular weight excluding hydrogens is 228 g/mol. The zero-order chi connectivity index (χ0) is 12.9. The number of aryl methyl sites for hydroxylation is 1. The first kappa shape index (κ1) is 10.8. The number of aromatic amines is 1. The lowest BCUT2D eigenvalue weighted by Gasteiger charge is -2.15. The van der Waals surface area contributed by atoms with Crippen molar-refractivity contribution in [3.63, 3.8) is 0 Å². The molecule has 1 amide bonds. The SMILES string of the molecule is Cc1cc2c(c(-c3cc(N)n[nH]3)c1)N(C)C(=O)C2. The molecule has 0 bridgehead atoms. The predicted octanol–water partition coefficient (Wildman–Crippen LogP) is 1.49. The summed E-state index contributed by atoms with van der Waals surface area (Å²) in [5.74, 6) is 0.566. The minimum atomic E-state index is 0.115. The third-order valence-electron chi connectivity index (χ3n) is 3.27. The molecule has 0 fully saturated rings. The number of nitrogen functional groups attached to an aromatic ring is 1. The van der Waals surface area contributed by atoms with Crippen LogP contribution in [0.3, 0.4) is 0 Å². The average Bonchev–Trinajstić information content (AvgIpc) is 2.84. The molecular formula is C13H14N4O. The molecule has 0 saturated carbocycles. The highest BCUT2D eigenvalue weighted by Gasteiger charge is 2.27. The van der Waals surface area contributed by atoms with Crippen LogP contribution in [0.4, 0.5) is 11.5 Å². The second kappa shape index (κ2) is 3.60. The smallest absolute Gasteiger partial charge is 0.231 e. The van der Waals surface area contributed by atoms with Gasteiger partial charge in [-0.3, -0.25) is 9.89 Å². The van der Waals surface area contributed by atoms with Crippen LogP contribution in [-0.2, 0) is 11.2 Å². The number of likely N-dealkylation sites (N-methyl/N-ethyl adjacent to an activating group) is 1. The molecule has 2 aromatic rings. The van der Waals surface area contributed by atoms with Gasteiger partial charge in [0.25, 0.3) is 0 Å². The van der Waals surface area contributed by atoms with E-state index in [0.717, 1.165) is 28.1 Å². The van der Waals surface area contributed by atoms with Gasteiger partial charge in [0.2, 0.25) is 5.91 Å². The van der Waals surface area contributed by atoms with Crippen LogP contribution in [0.1, 0.15) is 11.1 Å². The highest BCUT2D eigenvalue weighted by atomic mass is 16.2. The van der Waals surface area contributed by atoms with E-state index in [0.29, 0.717) is 12.2 Å². The molecule has 0 unspecified atom stereocenters. The van der Waals surface area contributed by atoms with Crippen molar-refractivity contribution in [1.82, 2.24) is 10.2 Å².